The molecule has 0 amide bonds. The number of nitrogens with zero attached hydrogens (tertiary/aromatic N) is 3. The predicted molar refractivity (Wildman–Crippen MR) is 118 cm³/mol. The van der Waals surface area contributed by atoms with E-state index in [1.165, 1.54) is 26.4 Å². The van der Waals surface area contributed by atoms with E-state index in [1.54, 1.807) is 36.4 Å². The Kier molecular flexibility index (Phi) is 8.02. The van der Waals surface area contributed by atoms with Crippen molar-refractivity contribution in [1.29, 1.82) is 0 Å². The summed E-state index contributed by atoms with van der Waals surface area (Å²) in [6.07, 6.45) is -4.58. The summed E-state index contributed by atoms with van der Waals surface area (Å²) in [4.78, 5) is 35.0. The van der Waals surface area contributed by atoms with Gasteiger partial charge in [-0.3, -0.25) is 0 Å². The number of anilines is 3. The van der Waals surface area contributed by atoms with Gasteiger partial charge in [0, 0.05) is 12.2 Å². The maximum Gasteiger partial charge on any atom is 0.422 e. The molecule has 0 unspecified atom stereocenters. The van der Waals surface area contributed by atoms with Crippen LogP contribution in [0.4, 0.5) is 30.8 Å². The van der Waals surface area contributed by atoms with Crippen molar-refractivity contribution in [3.05, 3.63) is 65.2 Å². The monoisotopic (exact) mass is 491 g/mol. The fraction of sp³-hybridized carbons (Fsp3) is 0.227. The number of carbonyl (C=O) groups excluding carboxylic acids is 2. The van der Waals surface area contributed by atoms with Crippen LogP contribution in [0.1, 0.15) is 26.3 Å². The van der Waals surface area contributed by atoms with Crippen LogP contribution >= 0.6 is 0 Å². The molecule has 0 aliphatic rings. The maximum absolute atomic E-state index is 12.6. The highest BCUT2D eigenvalue weighted by atomic mass is 19.4. The van der Waals surface area contributed by atoms with Crippen molar-refractivity contribution in [2.24, 2.45) is 0 Å². The fourth-order valence-electron chi connectivity index (χ4n) is 2.70. The van der Waals surface area contributed by atoms with Crippen LogP contribution in [0, 0.1) is 0 Å². The normalized spacial score (nSPS) is 10.9. The molecule has 0 aliphatic heterocycles. The lowest BCUT2D eigenvalue weighted by Crippen LogP contribution is -2.21. The molecule has 0 saturated carbocycles. The fourth-order valence-corrected chi connectivity index (χ4v) is 2.70. The Morgan fingerprint density at radius 1 is 0.829 bits per heavy atom. The number of esters is 2. The number of nitrogens with one attached hydrogen (secondary N) is 2. The molecule has 0 atom stereocenters. The number of rotatable bonds is 9. The molecule has 0 fully saturated rings. The van der Waals surface area contributed by atoms with E-state index in [-0.39, 0.29) is 18.4 Å². The molecule has 0 bridgehead atoms. The van der Waals surface area contributed by atoms with Gasteiger partial charge in [-0.1, -0.05) is 12.1 Å². The molecule has 13 heteroatoms. The van der Waals surface area contributed by atoms with Crippen LogP contribution in [0.25, 0.3) is 0 Å². The summed E-state index contributed by atoms with van der Waals surface area (Å²) >= 11 is 0. The average Bonchev–Trinajstić information content (AvgIpc) is 2.85. The SMILES string of the molecule is COC(=O)c1ccc(CNc2nc(Nc3ccc(C(=O)OC)cc3)nc(OCC(F)(F)F)n2)cc1. The van der Waals surface area contributed by atoms with E-state index >= 15 is 0 Å². The lowest BCUT2D eigenvalue weighted by atomic mass is 10.1. The van der Waals surface area contributed by atoms with Gasteiger partial charge in [0.25, 0.3) is 0 Å². The smallest absolute Gasteiger partial charge is 0.422 e. The maximum atomic E-state index is 12.6. The Labute approximate surface area is 197 Å². The first kappa shape index (κ1) is 25.2. The zero-order valence-corrected chi connectivity index (χ0v) is 18.5. The Hall–Kier alpha value is -4.42. The number of methoxy groups -OCH3 is 2. The summed E-state index contributed by atoms with van der Waals surface area (Å²) in [6, 6.07) is 12.0. The second kappa shape index (κ2) is 11.1. The van der Waals surface area contributed by atoms with E-state index in [2.05, 4.69) is 39.8 Å². The van der Waals surface area contributed by atoms with E-state index in [9.17, 15) is 22.8 Å². The summed E-state index contributed by atoms with van der Waals surface area (Å²) in [6.45, 7) is -1.39. The number of hydrogen-bond acceptors (Lipinski definition) is 10. The highest BCUT2D eigenvalue weighted by Crippen LogP contribution is 2.21. The van der Waals surface area contributed by atoms with Crippen molar-refractivity contribution >= 4 is 29.5 Å². The molecule has 2 N–H and O–H groups in total. The third-order valence-electron chi connectivity index (χ3n) is 4.37. The van der Waals surface area contributed by atoms with E-state index in [1.807, 2.05) is 0 Å². The minimum Gasteiger partial charge on any atom is -0.465 e. The van der Waals surface area contributed by atoms with Gasteiger partial charge in [-0.2, -0.15) is 28.1 Å². The summed E-state index contributed by atoms with van der Waals surface area (Å²) in [5, 5.41) is 5.70. The molecule has 1 heterocycles. The highest BCUT2D eigenvalue weighted by Gasteiger charge is 2.29. The number of ether oxygens (including phenoxy) is 3. The standard InChI is InChI=1S/C22H20F3N5O5/c1-33-17(31)14-5-3-13(4-6-14)11-26-19-28-20(30-21(29-19)35-12-22(23,24)25)27-16-9-7-15(8-10-16)18(32)34-2/h3-10H,11-12H2,1-2H3,(H2,26,27,28,29,30). The van der Waals surface area contributed by atoms with Gasteiger partial charge >= 0.3 is 24.1 Å². The van der Waals surface area contributed by atoms with Crippen LogP contribution in [0.5, 0.6) is 6.01 Å². The summed E-state index contributed by atoms with van der Waals surface area (Å²) in [7, 11) is 2.53. The molecule has 10 nitrogen and oxygen atoms in total. The molecule has 0 radical (unpaired) electrons. The van der Waals surface area contributed by atoms with Crippen LogP contribution in [-0.4, -0.2) is 53.9 Å². The van der Waals surface area contributed by atoms with Crippen molar-refractivity contribution in [2.45, 2.75) is 12.7 Å². The predicted octanol–water partition coefficient (Wildman–Crippen LogP) is 3.74. The zero-order valence-electron chi connectivity index (χ0n) is 18.5. The first-order valence-corrected chi connectivity index (χ1v) is 9.99. The Morgan fingerprint density at radius 3 is 1.91 bits per heavy atom. The summed E-state index contributed by atoms with van der Waals surface area (Å²) in [5.74, 6) is -1.15. The number of halogens is 3. The lowest BCUT2D eigenvalue weighted by Gasteiger charge is -2.12. The molecule has 2 aromatic carbocycles. The van der Waals surface area contributed by atoms with Crippen LogP contribution in [0.15, 0.2) is 48.5 Å². The molecule has 0 spiro atoms. The van der Waals surface area contributed by atoms with Crippen molar-refractivity contribution in [2.75, 3.05) is 31.5 Å². The second-order valence-electron chi connectivity index (χ2n) is 6.91. The van der Waals surface area contributed by atoms with E-state index in [0.29, 0.717) is 16.8 Å². The van der Waals surface area contributed by atoms with Gasteiger partial charge in [-0.25, -0.2) is 9.59 Å². The number of hydrogen-bond donors (Lipinski definition) is 2. The first-order chi connectivity index (χ1) is 16.7. The molecule has 3 rings (SSSR count). The van der Waals surface area contributed by atoms with Gasteiger partial charge in [-0.15, -0.1) is 0 Å². The quantitative estimate of drug-likeness (QED) is 0.428. The minimum atomic E-state index is -4.58. The van der Waals surface area contributed by atoms with Gasteiger partial charge in [-0.05, 0) is 42.0 Å². The second-order valence-corrected chi connectivity index (χ2v) is 6.91. The largest absolute Gasteiger partial charge is 0.465 e. The third kappa shape index (κ3) is 7.55. The molecule has 3 aromatic rings. The average molecular weight is 491 g/mol. The van der Waals surface area contributed by atoms with Crippen LogP contribution < -0.4 is 15.4 Å². The van der Waals surface area contributed by atoms with E-state index in [0.717, 1.165) is 5.56 Å². The molecule has 1 aromatic heterocycles. The van der Waals surface area contributed by atoms with Gasteiger partial charge in [0.2, 0.25) is 11.9 Å². The van der Waals surface area contributed by atoms with Gasteiger partial charge in [0.05, 0.1) is 25.3 Å². The summed E-state index contributed by atoms with van der Waals surface area (Å²) in [5.41, 5.74) is 1.87. The van der Waals surface area contributed by atoms with Crippen molar-refractivity contribution < 1.29 is 37.0 Å². The van der Waals surface area contributed by atoms with Gasteiger partial charge in [0.15, 0.2) is 6.61 Å². The Bertz CT molecular complexity index is 1170. The highest BCUT2D eigenvalue weighted by molar-refractivity contribution is 5.90. The number of benzene rings is 2. The molecule has 184 valence electrons. The molecular weight excluding hydrogens is 471 g/mol. The van der Waals surface area contributed by atoms with E-state index in [4.69, 9.17) is 0 Å². The van der Waals surface area contributed by atoms with Crippen LogP contribution in [0.2, 0.25) is 0 Å². The zero-order chi connectivity index (χ0) is 25.4. The van der Waals surface area contributed by atoms with Crippen molar-refractivity contribution in [3.8, 4) is 6.01 Å². The van der Waals surface area contributed by atoms with E-state index < -0.39 is 30.7 Å². The topological polar surface area (TPSA) is 125 Å². The third-order valence-corrected chi connectivity index (χ3v) is 4.37. The Morgan fingerprint density at radius 2 is 1.37 bits per heavy atom. The van der Waals surface area contributed by atoms with Crippen LogP contribution in [-0.2, 0) is 16.0 Å². The molecule has 0 saturated heterocycles. The summed E-state index contributed by atoms with van der Waals surface area (Å²) < 4.78 is 51.8. The molecular formula is C22H20F3N5O5. The number of carbonyl (C=O) groups is 2. The minimum absolute atomic E-state index is 0.0529. The number of alkyl halides is 3. The lowest BCUT2D eigenvalue weighted by molar-refractivity contribution is -0.154. The Balaban J connectivity index is 1.77. The van der Waals surface area contributed by atoms with Crippen molar-refractivity contribution in [1.82, 2.24) is 15.0 Å². The van der Waals surface area contributed by atoms with Gasteiger partial charge < -0.3 is 24.8 Å². The molecule has 0 aliphatic carbocycles. The molecule has 35 heavy (non-hydrogen) atoms. The first-order valence-electron chi connectivity index (χ1n) is 9.99. The number of aromatic nitrogens is 3. The van der Waals surface area contributed by atoms with Crippen molar-refractivity contribution in [3.63, 3.8) is 0 Å². The van der Waals surface area contributed by atoms with Gasteiger partial charge in [0.1, 0.15) is 0 Å². The van der Waals surface area contributed by atoms with Crippen LogP contribution in [0.3, 0.4) is 0 Å².